The van der Waals surface area contributed by atoms with Crippen molar-refractivity contribution >= 4 is 11.8 Å². The quantitative estimate of drug-likeness (QED) is 0.844. The topological polar surface area (TPSA) is 64.4 Å². The van der Waals surface area contributed by atoms with Gasteiger partial charge in [-0.2, -0.15) is 5.26 Å². The minimum Gasteiger partial charge on any atom is -0.339 e. The smallest absolute Gasteiger partial charge is 0.254 e. The van der Waals surface area contributed by atoms with Gasteiger partial charge in [0.05, 0.1) is 18.1 Å². The van der Waals surface area contributed by atoms with Crippen LogP contribution >= 0.6 is 0 Å². The van der Waals surface area contributed by atoms with Crippen molar-refractivity contribution in [3.8, 4) is 6.07 Å². The molecule has 1 heterocycles. The molecule has 1 aliphatic rings. The lowest BCUT2D eigenvalue weighted by molar-refractivity contribution is -0.131. The van der Waals surface area contributed by atoms with E-state index in [2.05, 4.69) is 26.0 Å². The molecule has 1 aliphatic heterocycles. The molecule has 3 rings (SSSR count). The number of carbonyl (C=O) groups excluding carboxylic acids is 2. The number of amides is 2. The highest BCUT2D eigenvalue weighted by Gasteiger charge is 2.25. The zero-order valence-electron chi connectivity index (χ0n) is 15.7. The van der Waals surface area contributed by atoms with Crippen molar-refractivity contribution in [1.82, 2.24) is 9.80 Å². The highest BCUT2D eigenvalue weighted by Crippen LogP contribution is 2.14. The van der Waals surface area contributed by atoms with Crippen molar-refractivity contribution in [1.29, 1.82) is 5.26 Å². The summed E-state index contributed by atoms with van der Waals surface area (Å²) in [7, 11) is 0. The number of piperazine rings is 1. The highest BCUT2D eigenvalue weighted by molar-refractivity contribution is 5.94. The summed E-state index contributed by atoms with van der Waals surface area (Å²) in [5.41, 5.74) is 4.43. The number of hydrogen-bond donors (Lipinski definition) is 0. The molecule has 5 nitrogen and oxygen atoms in total. The van der Waals surface area contributed by atoms with Crippen LogP contribution in [-0.4, -0.2) is 47.8 Å². The van der Waals surface area contributed by atoms with Gasteiger partial charge in [0.25, 0.3) is 5.91 Å². The molecule has 0 atom stereocenters. The summed E-state index contributed by atoms with van der Waals surface area (Å²) in [5, 5.41) is 8.98. The molecule has 1 fully saturated rings. The van der Waals surface area contributed by atoms with E-state index in [1.54, 1.807) is 29.2 Å². The molecule has 0 bridgehead atoms. The van der Waals surface area contributed by atoms with Crippen LogP contribution in [0.3, 0.4) is 0 Å². The van der Waals surface area contributed by atoms with E-state index in [4.69, 9.17) is 5.26 Å². The van der Waals surface area contributed by atoms with Crippen LogP contribution in [0, 0.1) is 25.2 Å². The van der Waals surface area contributed by atoms with Crippen molar-refractivity contribution in [3.05, 3.63) is 70.3 Å². The maximum atomic E-state index is 12.6. The molecule has 138 valence electrons. The summed E-state index contributed by atoms with van der Waals surface area (Å²) in [5.74, 6) is 0.00480. The fourth-order valence-electron chi connectivity index (χ4n) is 3.26. The Labute approximate surface area is 159 Å². The first-order valence-electron chi connectivity index (χ1n) is 9.11. The first-order chi connectivity index (χ1) is 13.0. The Morgan fingerprint density at radius 3 is 2.33 bits per heavy atom. The van der Waals surface area contributed by atoms with Gasteiger partial charge in [-0.3, -0.25) is 9.59 Å². The van der Waals surface area contributed by atoms with Gasteiger partial charge in [0.15, 0.2) is 0 Å². The monoisotopic (exact) mass is 361 g/mol. The molecule has 0 spiro atoms. The van der Waals surface area contributed by atoms with E-state index in [1.165, 1.54) is 11.1 Å². The summed E-state index contributed by atoms with van der Waals surface area (Å²) in [6, 6.07) is 14.9. The zero-order chi connectivity index (χ0) is 19.4. The van der Waals surface area contributed by atoms with E-state index in [-0.39, 0.29) is 11.8 Å². The summed E-state index contributed by atoms with van der Waals surface area (Å²) in [6.07, 6.45) is 0.388. The molecule has 0 aromatic heterocycles. The molecular formula is C22H23N3O2. The first-order valence-corrected chi connectivity index (χ1v) is 9.11. The summed E-state index contributed by atoms with van der Waals surface area (Å²) in [4.78, 5) is 28.8. The minimum absolute atomic E-state index is 0.0895. The summed E-state index contributed by atoms with van der Waals surface area (Å²) in [6.45, 7) is 6.20. The van der Waals surface area contributed by atoms with Crippen LogP contribution in [-0.2, 0) is 11.2 Å². The molecule has 27 heavy (non-hydrogen) atoms. The maximum Gasteiger partial charge on any atom is 0.254 e. The first kappa shape index (κ1) is 18.7. The lowest BCUT2D eigenvalue weighted by atomic mass is 10.0. The average molecular weight is 361 g/mol. The third-order valence-electron chi connectivity index (χ3n) is 5.08. The van der Waals surface area contributed by atoms with Crippen LogP contribution in [0.1, 0.15) is 32.6 Å². The summed E-state index contributed by atoms with van der Waals surface area (Å²) < 4.78 is 0. The normalized spacial score (nSPS) is 14.0. The van der Waals surface area contributed by atoms with E-state index < -0.39 is 0 Å². The minimum atomic E-state index is -0.0895. The predicted molar refractivity (Wildman–Crippen MR) is 103 cm³/mol. The predicted octanol–water partition coefficient (Wildman–Crippen LogP) is 2.70. The van der Waals surface area contributed by atoms with E-state index in [9.17, 15) is 9.59 Å². The number of aryl methyl sites for hydroxylation is 2. The van der Waals surface area contributed by atoms with E-state index in [1.807, 2.05) is 17.0 Å². The number of hydrogen-bond acceptors (Lipinski definition) is 3. The molecule has 0 saturated carbocycles. The van der Waals surface area contributed by atoms with Gasteiger partial charge in [-0.15, -0.1) is 0 Å². The highest BCUT2D eigenvalue weighted by atomic mass is 16.2. The summed E-state index contributed by atoms with van der Waals surface area (Å²) >= 11 is 0. The van der Waals surface area contributed by atoms with Crippen molar-refractivity contribution in [2.24, 2.45) is 0 Å². The lowest BCUT2D eigenvalue weighted by Gasteiger charge is -2.35. The number of rotatable bonds is 3. The number of nitriles is 1. The molecule has 0 radical (unpaired) electrons. The van der Waals surface area contributed by atoms with Gasteiger partial charge in [-0.1, -0.05) is 24.3 Å². The molecule has 0 unspecified atom stereocenters. The van der Waals surface area contributed by atoms with Crippen molar-refractivity contribution in [2.75, 3.05) is 26.2 Å². The largest absolute Gasteiger partial charge is 0.339 e. The van der Waals surface area contributed by atoms with Gasteiger partial charge in [0, 0.05) is 31.7 Å². The maximum absolute atomic E-state index is 12.6. The standard InChI is InChI=1S/C22H23N3O2/c1-16-6-7-18(12-17(16)2)14-21(26)24-8-10-25(11-9-24)22(27)20-5-3-4-19(13-20)15-23/h3-7,12-13H,8-11,14H2,1-2H3. The number of benzene rings is 2. The Hall–Kier alpha value is -3.13. The molecule has 1 saturated heterocycles. The third kappa shape index (κ3) is 4.35. The van der Waals surface area contributed by atoms with Crippen molar-refractivity contribution < 1.29 is 9.59 Å². The second kappa shape index (κ2) is 8.05. The molecular weight excluding hydrogens is 338 g/mol. The molecule has 0 aliphatic carbocycles. The van der Waals surface area contributed by atoms with Gasteiger partial charge in [-0.05, 0) is 48.7 Å². The van der Waals surface area contributed by atoms with Crippen molar-refractivity contribution in [3.63, 3.8) is 0 Å². The fourth-order valence-corrected chi connectivity index (χ4v) is 3.26. The van der Waals surface area contributed by atoms with Crippen LogP contribution in [0.4, 0.5) is 0 Å². The van der Waals surface area contributed by atoms with E-state index in [0.29, 0.717) is 43.7 Å². The van der Waals surface area contributed by atoms with Gasteiger partial charge >= 0.3 is 0 Å². The van der Waals surface area contributed by atoms with Gasteiger partial charge in [0.1, 0.15) is 0 Å². The SMILES string of the molecule is Cc1ccc(CC(=O)N2CCN(C(=O)c3cccc(C#N)c3)CC2)cc1C. The Balaban J connectivity index is 1.57. The second-order valence-electron chi connectivity index (χ2n) is 6.96. The molecule has 5 heteroatoms. The van der Waals surface area contributed by atoms with Crippen LogP contribution in [0.15, 0.2) is 42.5 Å². The third-order valence-corrected chi connectivity index (χ3v) is 5.08. The van der Waals surface area contributed by atoms with Crippen LogP contribution < -0.4 is 0 Å². The molecule has 2 aromatic rings. The van der Waals surface area contributed by atoms with Crippen LogP contribution in [0.5, 0.6) is 0 Å². The Kier molecular flexibility index (Phi) is 5.56. The molecule has 2 amide bonds. The Bertz CT molecular complexity index is 906. The Morgan fingerprint density at radius 1 is 0.963 bits per heavy atom. The van der Waals surface area contributed by atoms with Gasteiger partial charge < -0.3 is 9.80 Å². The van der Waals surface area contributed by atoms with Crippen LogP contribution in [0.2, 0.25) is 0 Å². The fraction of sp³-hybridized carbons (Fsp3) is 0.318. The van der Waals surface area contributed by atoms with E-state index >= 15 is 0 Å². The van der Waals surface area contributed by atoms with Crippen molar-refractivity contribution in [2.45, 2.75) is 20.3 Å². The molecule has 2 aromatic carbocycles. The molecule has 0 N–H and O–H groups in total. The number of nitrogens with zero attached hydrogens (tertiary/aromatic N) is 3. The zero-order valence-corrected chi connectivity index (χ0v) is 15.7. The second-order valence-corrected chi connectivity index (χ2v) is 6.96. The van der Waals surface area contributed by atoms with Gasteiger partial charge in [-0.25, -0.2) is 0 Å². The lowest BCUT2D eigenvalue weighted by Crippen LogP contribution is -2.51. The number of carbonyl (C=O) groups is 2. The average Bonchev–Trinajstić information content (AvgIpc) is 2.70. The Morgan fingerprint density at radius 2 is 1.67 bits per heavy atom. The van der Waals surface area contributed by atoms with Gasteiger partial charge in [0.2, 0.25) is 5.91 Å². The van der Waals surface area contributed by atoms with Crippen LogP contribution in [0.25, 0.3) is 0 Å². The van der Waals surface area contributed by atoms with E-state index in [0.717, 1.165) is 5.56 Å².